The Morgan fingerprint density at radius 2 is 1.80 bits per heavy atom. The van der Waals surface area contributed by atoms with Gasteiger partial charge in [0.1, 0.15) is 17.6 Å². The lowest BCUT2D eigenvalue weighted by molar-refractivity contribution is -0.120. The molecule has 0 aromatic carbocycles. The molecule has 244 valence electrons. The van der Waals surface area contributed by atoms with Crippen molar-refractivity contribution >= 4 is 29.1 Å². The van der Waals surface area contributed by atoms with E-state index in [1.807, 2.05) is 6.92 Å². The molecule has 1 aromatic heterocycles. The zero-order valence-corrected chi connectivity index (χ0v) is 26.6. The van der Waals surface area contributed by atoms with Gasteiger partial charge in [-0.15, -0.1) is 0 Å². The number of carbonyl (C=O) groups is 4. The Hall–Kier alpha value is -4.26. The van der Waals surface area contributed by atoms with Crippen molar-refractivity contribution < 1.29 is 47.6 Å². The van der Waals surface area contributed by atoms with Crippen molar-refractivity contribution in [3.05, 3.63) is 76.6 Å². The monoisotopic (exact) mass is 626 g/mol. The van der Waals surface area contributed by atoms with Crippen molar-refractivity contribution in [2.75, 3.05) is 21.3 Å². The summed E-state index contributed by atoms with van der Waals surface area (Å²) in [5.74, 6) is -2.65. The minimum atomic E-state index is -1.01. The number of furan rings is 1. The molecule has 0 spiro atoms. The third-order valence-electron chi connectivity index (χ3n) is 7.87. The number of aliphatic hydroxyl groups is 1. The van der Waals surface area contributed by atoms with E-state index in [0.29, 0.717) is 12.0 Å². The van der Waals surface area contributed by atoms with Crippen LogP contribution in [0.3, 0.4) is 0 Å². The number of nitrogens with two attached hydrogens (primary N) is 1. The molecule has 0 saturated heterocycles. The van der Waals surface area contributed by atoms with Gasteiger partial charge >= 0.3 is 6.09 Å². The van der Waals surface area contributed by atoms with Crippen LogP contribution in [0.1, 0.15) is 46.3 Å². The molecule has 1 aromatic rings. The number of ketones is 2. The zero-order valence-electron chi connectivity index (χ0n) is 26.6. The molecule has 2 heterocycles. The maximum atomic E-state index is 14.0. The molecule has 0 fully saturated rings. The number of hydrogen-bond donors (Lipinski definition) is 3. The summed E-state index contributed by atoms with van der Waals surface area (Å²) in [6, 6.07) is 3.07. The number of carbonyl (C=O) groups excluding carboxylic acids is 4. The Balaban J connectivity index is 2.18. The normalized spacial score (nSPS) is 27.6. The molecule has 0 unspecified atom stereocenters. The Morgan fingerprint density at radius 1 is 1.09 bits per heavy atom. The molecule has 4 N–H and O–H groups in total. The SMILES string of the molecule is COC1=C2C[C@@H](C)C[C@H](OC)[C@H](O)[C@@H](C)C=C(C)[C@H](OC(N)=O)[C@@H](OC)C=CC=C(C)C(=O)NC(=C(c3ccco3)C1=O)C2=O. The van der Waals surface area contributed by atoms with Gasteiger partial charge in [-0.1, -0.05) is 38.2 Å². The lowest BCUT2D eigenvalue weighted by Gasteiger charge is -2.30. The minimum absolute atomic E-state index is 0.0857. The topological polar surface area (TPSA) is 177 Å². The fourth-order valence-corrected chi connectivity index (χ4v) is 5.50. The molecule has 1 aliphatic carbocycles. The van der Waals surface area contributed by atoms with Crippen LogP contribution < -0.4 is 11.1 Å². The summed E-state index contributed by atoms with van der Waals surface area (Å²) in [6.45, 7) is 6.90. The number of amides is 2. The third-order valence-corrected chi connectivity index (χ3v) is 7.87. The van der Waals surface area contributed by atoms with Crippen LogP contribution in [0.15, 0.2) is 75.3 Å². The first kappa shape index (κ1) is 35.2. The summed E-state index contributed by atoms with van der Waals surface area (Å²) < 4.78 is 27.5. The van der Waals surface area contributed by atoms with Crippen molar-refractivity contribution in [1.29, 1.82) is 0 Å². The average Bonchev–Trinajstić information content (AvgIpc) is 3.53. The van der Waals surface area contributed by atoms with Gasteiger partial charge in [0.15, 0.2) is 11.9 Å². The summed E-state index contributed by atoms with van der Waals surface area (Å²) in [4.78, 5) is 52.9. The van der Waals surface area contributed by atoms with Gasteiger partial charge in [0, 0.05) is 31.3 Å². The second kappa shape index (κ2) is 15.6. The summed E-state index contributed by atoms with van der Waals surface area (Å²) in [7, 11) is 4.20. The van der Waals surface area contributed by atoms with Crippen molar-refractivity contribution in [2.45, 2.75) is 65.0 Å². The Bertz CT molecular complexity index is 1430. The van der Waals surface area contributed by atoms with Gasteiger partial charge in [-0.3, -0.25) is 14.4 Å². The average molecular weight is 627 g/mol. The van der Waals surface area contributed by atoms with E-state index in [1.54, 1.807) is 32.1 Å². The number of nitrogens with one attached hydrogen (secondary N) is 1. The highest BCUT2D eigenvalue weighted by Gasteiger charge is 2.39. The molecule has 45 heavy (non-hydrogen) atoms. The van der Waals surface area contributed by atoms with Crippen LogP contribution in [-0.4, -0.2) is 74.4 Å². The van der Waals surface area contributed by atoms with Gasteiger partial charge < -0.3 is 39.5 Å². The van der Waals surface area contributed by atoms with E-state index >= 15 is 0 Å². The largest absolute Gasteiger partial charge is 0.492 e. The summed E-state index contributed by atoms with van der Waals surface area (Å²) in [5.41, 5.74) is 5.85. The van der Waals surface area contributed by atoms with Crippen LogP contribution in [0.2, 0.25) is 0 Å². The molecule has 2 aliphatic rings. The Kier molecular flexibility index (Phi) is 12.2. The van der Waals surface area contributed by atoms with Crippen molar-refractivity contribution in [3.8, 4) is 0 Å². The van der Waals surface area contributed by atoms with Crippen molar-refractivity contribution in [2.24, 2.45) is 17.6 Å². The van der Waals surface area contributed by atoms with E-state index in [1.165, 1.54) is 52.7 Å². The van der Waals surface area contributed by atoms with Gasteiger partial charge in [-0.2, -0.15) is 0 Å². The van der Waals surface area contributed by atoms with E-state index in [0.717, 1.165) is 0 Å². The smallest absolute Gasteiger partial charge is 0.405 e. The van der Waals surface area contributed by atoms with Crippen molar-refractivity contribution in [3.63, 3.8) is 0 Å². The highest BCUT2D eigenvalue weighted by molar-refractivity contribution is 6.38. The van der Waals surface area contributed by atoms with Crippen LogP contribution in [0, 0.1) is 11.8 Å². The maximum absolute atomic E-state index is 14.0. The second-order valence-corrected chi connectivity index (χ2v) is 11.2. The molecule has 2 amide bonds. The molecule has 3 rings (SSSR count). The number of allylic oxidation sites excluding steroid dienone is 4. The van der Waals surface area contributed by atoms with Crippen LogP contribution in [0.25, 0.3) is 5.57 Å². The fourth-order valence-electron chi connectivity index (χ4n) is 5.50. The highest BCUT2D eigenvalue weighted by atomic mass is 16.6. The Labute approximate surface area is 262 Å². The maximum Gasteiger partial charge on any atom is 0.405 e. The van der Waals surface area contributed by atoms with Gasteiger partial charge in [0.2, 0.25) is 11.6 Å². The highest BCUT2D eigenvalue weighted by Crippen LogP contribution is 2.35. The molecular formula is C33H42N2O10. The number of primary amides is 1. The van der Waals surface area contributed by atoms with Crippen LogP contribution >= 0.6 is 0 Å². The molecule has 0 radical (unpaired) electrons. The van der Waals surface area contributed by atoms with Gasteiger partial charge in [0.25, 0.3) is 5.91 Å². The van der Waals surface area contributed by atoms with Gasteiger partial charge in [-0.25, -0.2) is 4.79 Å². The van der Waals surface area contributed by atoms with E-state index in [9.17, 15) is 24.3 Å². The first-order chi connectivity index (χ1) is 21.3. The van der Waals surface area contributed by atoms with Crippen molar-refractivity contribution in [1.82, 2.24) is 5.32 Å². The standard InChI is InChI=1S/C33H42N2O10/c1-17-14-21-28(37)26(25(22-12-9-13-44-22)29(38)31(21)43-7)35-32(39)18(2)10-8-11-23(41-5)30(45-33(34)40)20(4)16-19(3)27(36)24(15-17)42-6/h8-13,16-17,19,23-24,27,30,36H,14-15H2,1-7H3,(H2,34,40)(H,35,39)/t17-,19+,23+,24+,27-,30+/m1/s1. The molecule has 2 bridgehead atoms. The van der Waals surface area contributed by atoms with E-state index in [4.69, 9.17) is 29.1 Å². The van der Waals surface area contributed by atoms with Gasteiger partial charge in [-0.05, 0) is 50.3 Å². The lowest BCUT2D eigenvalue weighted by Crippen LogP contribution is -2.37. The summed E-state index contributed by atoms with van der Waals surface area (Å²) in [6.07, 6.45) is 3.66. The van der Waals surface area contributed by atoms with Crippen LogP contribution in [0.4, 0.5) is 4.79 Å². The summed E-state index contributed by atoms with van der Waals surface area (Å²) >= 11 is 0. The van der Waals surface area contributed by atoms with Crippen LogP contribution in [0.5, 0.6) is 0 Å². The predicted octanol–water partition coefficient (Wildman–Crippen LogP) is 3.53. The van der Waals surface area contributed by atoms with E-state index < -0.39 is 53.9 Å². The first-order valence-electron chi connectivity index (χ1n) is 14.5. The molecule has 12 heteroatoms. The third kappa shape index (κ3) is 8.27. The number of ether oxygens (including phenoxy) is 4. The molecule has 0 saturated carbocycles. The lowest BCUT2D eigenvalue weighted by atomic mass is 9.83. The Morgan fingerprint density at radius 3 is 2.38 bits per heavy atom. The molecule has 6 atom stereocenters. The number of hydrogen-bond acceptors (Lipinski definition) is 10. The predicted molar refractivity (Wildman–Crippen MR) is 164 cm³/mol. The quantitative estimate of drug-likeness (QED) is 0.324. The molecule has 1 aliphatic heterocycles. The number of fused-ring (bicyclic) bond motifs is 2. The molecular weight excluding hydrogens is 584 g/mol. The van der Waals surface area contributed by atoms with E-state index in [2.05, 4.69) is 5.32 Å². The number of methoxy groups -OCH3 is 3. The molecule has 12 nitrogen and oxygen atoms in total. The number of aliphatic hydroxyl groups excluding tert-OH is 1. The zero-order chi connectivity index (χ0) is 33.4. The fraction of sp³-hybridized carbons (Fsp3) is 0.455. The van der Waals surface area contributed by atoms with Gasteiger partial charge in [0.05, 0.1) is 31.2 Å². The number of Topliss-reactive ketones (excluding diaryl/α,β-unsaturated/α-hetero) is 2. The summed E-state index contributed by atoms with van der Waals surface area (Å²) in [5, 5.41) is 13.9. The number of rotatable bonds is 5. The minimum Gasteiger partial charge on any atom is -0.492 e. The first-order valence-corrected chi connectivity index (χ1v) is 14.5. The van der Waals surface area contributed by atoms with Crippen LogP contribution in [-0.2, 0) is 33.3 Å². The second-order valence-electron chi connectivity index (χ2n) is 11.2. The van der Waals surface area contributed by atoms with E-state index in [-0.39, 0.29) is 46.3 Å².